The average Bonchev–Trinajstić information content (AvgIpc) is 3.13. The molecule has 0 radical (unpaired) electrons. The van der Waals surface area contributed by atoms with Gasteiger partial charge in [0.1, 0.15) is 12.4 Å². The molecular weight excluding hydrogens is 265 g/mol. The summed E-state index contributed by atoms with van der Waals surface area (Å²) in [6.45, 7) is -0.168. The number of nitrogens with one attached hydrogen (secondary N) is 2. The molecule has 4 amide bonds. The Balaban J connectivity index is 1.59. The van der Waals surface area contributed by atoms with Crippen molar-refractivity contribution in [2.24, 2.45) is 5.92 Å². The number of hydrazine groups is 1. The standard InChI is InChI=1S/C13H12FN3O3/c14-8-3-1-7(2-4-8)9-5-10(9)12(19)16-17-6-11(18)15-13(17)20/h1-4,9-10H,5-6H2,(H,16,19)(H,15,18,20). The van der Waals surface area contributed by atoms with Crippen molar-refractivity contribution in [3.8, 4) is 0 Å². The Labute approximate surface area is 113 Å². The second-order valence-electron chi connectivity index (χ2n) is 4.92. The quantitative estimate of drug-likeness (QED) is 0.790. The first-order valence-electron chi connectivity index (χ1n) is 6.22. The zero-order valence-corrected chi connectivity index (χ0v) is 10.4. The molecule has 0 aromatic heterocycles. The van der Waals surface area contributed by atoms with Gasteiger partial charge in [0.05, 0.1) is 0 Å². The summed E-state index contributed by atoms with van der Waals surface area (Å²) < 4.78 is 12.8. The third-order valence-corrected chi connectivity index (χ3v) is 3.46. The lowest BCUT2D eigenvalue weighted by Gasteiger charge is -2.14. The second-order valence-corrected chi connectivity index (χ2v) is 4.92. The van der Waals surface area contributed by atoms with Crippen LogP contribution >= 0.6 is 0 Å². The minimum Gasteiger partial charge on any atom is -0.275 e. The number of benzene rings is 1. The van der Waals surface area contributed by atoms with Gasteiger partial charge in [-0.15, -0.1) is 0 Å². The van der Waals surface area contributed by atoms with E-state index in [1.807, 2.05) is 0 Å². The van der Waals surface area contributed by atoms with Gasteiger partial charge in [-0.25, -0.2) is 14.2 Å². The molecule has 1 saturated carbocycles. The molecule has 20 heavy (non-hydrogen) atoms. The third kappa shape index (κ3) is 2.34. The van der Waals surface area contributed by atoms with E-state index >= 15 is 0 Å². The Kier molecular flexibility index (Phi) is 2.89. The lowest BCUT2D eigenvalue weighted by molar-refractivity contribution is -0.126. The van der Waals surface area contributed by atoms with Crippen molar-refractivity contribution < 1.29 is 18.8 Å². The first-order valence-corrected chi connectivity index (χ1v) is 6.22. The summed E-state index contributed by atoms with van der Waals surface area (Å²) >= 11 is 0. The van der Waals surface area contributed by atoms with E-state index in [4.69, 9.17) is 0 Å². The van der Waals surface area contributed by atoms with Crippen LogP contribution in [0.15, 0.2) is 24.3 Å². The van der Waals surface area contributed by atoms with E-state index < -0.39 is 11.9 Å². The van der Waals surface area contributed by atoms with Crippen LogP contribution in [0.3, 0.4) is 0 Å². The summed E-state index contributed by atoms with van der Waals surface area (Å²) in [6, 6.07) is 5.39. The van der Waals surface area contributed by atoms with Gasteiger partial charge in [-0.3, -0.25) is 20.3 Å². The zero-order valence-electron chi connectivity index (χ0n) is 10.4. The molecular formula is C13H12FN3O3. The highest BCUT2D eigenvalue weighted by Crippen LogP contribution is 2.47. The molecule has 1 aromatic rings. The Morgan fingerprint density at radius 1 is 1.30 bits per heavy atom. The predicted molar refractivity (Wildman–Crippen MR) is 65.6 cm³/mol. The van der Waals surface area contributed by atoms with Gasteiger partial charge in [0.25, 0.3) is 0 Å². The molecule has 0 spiro atoms. The van der Waals surface area contributed by atoms with Crippen LogP contribution in [-0.4, -0.2) is 29.4 Å². The minimum absolute atomic E-state index is 0.0389. The number of carbonyl (C=O) groups is 3. The maximum Gasteiger partial charge on any atom is 0.343 e. The summed E-state index contributed by atoms with van der Waals surface area (Å²) in [6.07, 6.45) is 0.654. The van der Waals surface area contributed by atoms with Gasteiger partial charge in [-0.2, -0.15) is 0 Å². The molecule has 1 heterocycles. The predicted octanol–water partition coefficient (Wildman–Crippen LogP) is 0.512. The first-order chi connectivity index (χ1) is 9.54. The molecule has 104 valence electrons. The van der Waals surface area contributed by atoms with Crippen LogP contribution in [0.1, 0.15) is 17.9 Å². The molecule has 2 aliphatic rings. The van der Waals surface area contributed by atoms with Gasteiger partial charge in [0.15, 0.2) is 0 Å². The van der Waals surface area contributed by atoms with Gasteiger partial charge < -0.3 is 0 Å². The summed E-state index contributed by atoms with van der Waals surface area (Å²) in [5.74, 6) is -1.27. The molecule has 2 fully saturated rings. The van der Waals surface area contributed by atoms with E-state index in [0.717, 1.165) is 10.6 Å². The molecule has 2 atom stereocenters. The topological polar surface area (TPSA) is 78.5 Å². The molecule has 7 heteroatoms. The van der Waals surface area contributed by atoms with E-state index in [0.29, 0.717) is 6.42 Å². The van der Waals surface area contributed by atoms with Crippen LogP contribution in [0.5, 0.6) is 0 Å². The monoisotopic (exact) mass is 277 g/mol. The summed E-state index contributed by atoms with van der Waals surface area (Å²) in [5.41, 5.74) is 3.32. The van der Waals surface area contributed by atoms with Gasteiger partial charge >= 0.3 is 6.03 Å². The number of carbonyl (C=O) groups excluding carboxylic acids is 3. The highest BCUT2D eigenvalue weighted by molar-refractivity contribution is 6.02. The average molecular weight is 277 g/mol. The van der Waals surface area contributed by atoms with Crippen LogP contribution in [0.25, 0.3) is 0 Å². The van der Waals surface area contributed by atoms with Crippen LogP contribution < -0.4 is 10.7 Å². The summed E-state index contributed by atoms with van der Waals surface area (Å²) in [7, 11) is 0. The Morgan fingerprint density at radius 3 is 2.60 bits per heavy atom. The molecule has 2 N–H and O–H groups in total. The van der Waals surface area contributed by atoms with Crippen LogP contribution in [0.2, 0.25) is 0 Å². The van der Waals surface area contributed by atoms with E-state index in [-0.39, 0.29) is 30.1 Å². The largest absolute Gasteiger partial charge is 0.343 e. The maximum absolute atomic E-state index is 12.8. The van der Waals surface area contributed by atoms with Crippen molar-refractivity contribution in [2.45, 2.75) is 12.3 Å². The van der Waals surface area contributed by atoms with Crippen LogP contribution in [0.4, 0.5) is 9.18 Å². The number of hydrogen-bond acceptors (Lipinski definition) is 3. The van der Waals surface area contributed by atoms with E-state index in [1.54, 1.807) is 12.1 Å². The lowest BCUT2D eigenvalue weighted by atomic mass is 10.1. The fourth-order valence-corrected chi connectivity index (χ4v) is 2.31. The van der Waals surface area contributed by atoms with Crippen molar-refractivity contribution in [1.29, 1.82) is 0 Å². The van der Waals surface area contributed by atoms with Crippen molar-refractivity contribution >= 4 is 17.8 Å². The lowest BCUT2D eigenvalue weighted by Crippen LogP contribution is -2.45. The number of hydrogen-bond donors (Lipinski definition) is 2. The third-order valence-electron chi connectivity index (χ3n) is 3.46. The van der Waals surface area contributed by atoms with Crippen LogP contribution in [0, 0.1) is 11.7 Å². The molecule has 0 bridgehead atoms. The van der Waals surface area contributed by atoms with Crippen molar-refractivity contribution in [3.63, 3.8) is 0 Å². The number of halogens is 1. The normalized spacial score (nSPS) is 24.6. The number of rotatable bonds is 3. The number of urea groups is 1. The van der Waals surface area contributed by atoms with Crippen LogP contribution in [-0.2, 0) is 9.59 Å². The van der Waals surface area contributed by atoms with E-state index in [2.05, 4.69) is 10.7 Å². The van der Waals surface area contributed by atoms with Crippen molar-refractivity contribution in [1.82, 2.24) is 15.8 Å². The van der Waals surface area contributed by atoms with Gasteiger partial charge in [0.2, 0.25) is 11.8 Å². The fraction of sp³-hybridized carbons (Fsp3) is 0.308. The Morgan fingerprint density at radius 2 is 2.00 bits per heavy atom. The zero-order chi connectivity index (χ0) is 14.3. The Hall–Kier alpha value is -2.44. The van der Waals surface area contributed by atoms with Gasteiger partial charge in [-0.1, -0.05) is 12.1 Å². The molecule has 1 aliphatic carbocycles. The highest BCUT2D eigenvalue weighted by atomic mass is 19.1. The minimum atomic E-state index is -0.623. The molecule has 1 aliphatic heterocycles. The van der Waals surface area contributed by atoms with Crippen molar-refractivity contribution in [2.75, 3.05) is 6.54 Å². The second kappa shape index (κ2) is 4.59. The van der Waals surface area contributed by atoms with E-state index in [1.165, 1.54) is 12.1 Å². The smallest absolute Gasteiger partial charge is 0.275 e. The van der Waals surface area contributed by atoms with Gasteiger partial charge in [-0.05, 0) is 30.0 Å². The number of nitrogens with zero attached hydrogens (tertiary/aromatic N) is 1. The highest BCUT2D eigenvalue weighted by Gasteiger charge is 2.45. The molecule has 3 rings (SSSR count). The molecule has 1 aromatic carbocycles. The molecule has 1 saturated heterocycles. The first kappa shape index (κ1) is 12.6. The SMILES string of the molecule is O=C1CN(NC(=O)C2CC2c2ccc(F)cc2)C(=O)N1. The Bertz CT molecular complexity index is 587. The number of amides is 4. The summed E-state index contributed by atoms with van der Waals surface area (Å²) in [4.78, 5) is 34.2. The number of imide groups is 1. The van der Waals surface area contributed by atoms with E-state index in [9.17, 15) is 18.8 Å². The maximum atomic E-state index is 12.8. The van der Waals surface area contributed by atoms with Crippen molar-refractivity contribution in [3.05, 3.63) is 35.6 Å². The molecule has 2 unspecified atom stereocenters. The molecule has 6 nitrogen and oxygen atoms in total. The summed E-state index contributed by atoms with van der Waals surface area (Å²) in [5, 5.41) is 3.04. The fourth-order valence-electron chi connectivity index (χ4n) is 2.31. The van der Waals surface area contributed by atoms with Gasteiger partial charge in [0, 0.05) is 5.92 Å².